The fourth-order valence-electron chi connectivity index (χ4n) is 2.05. The summed E-state index contributed by atoms with van der Waals surface area (Å²) in [5.41, 5.74) is 0.423. The third-order valence-corrected chi connectivity index (χ3v) is 3.06. The lowest BCUT2D eigenvalue weighted by Crippen LogP contribution is -2.41. The number of aliphatic hydroxyl groups excluding tert-OH is 1. The molecule has 0 aliphatic carbocycles. The van der Waals surface area contributed by atoms with Crippen molar-refractivity contribution in [2.75, 3.05) is 6.61 Å². The number of amides is 1. The van der Waals surface area contributed by atoms with Crippen molar-refractivity contribution in [2.45, 2.75) is 12.5 Å². The Bertz CT molecular complexity index is 633. The molecule has 1 atom stereocenters. The molecular formula is C15H15NO4. The first-order chi connectivity index (χ1) is 9.63. The third-order valence-electron chi connectivity index (χ3n) is 3.06. The summed E-state index contributed by atoms with van der Waals surface area (Å²) in [7, 11) is 0. The van der Waals surface area contributed by atoms with Gasteiger partial charge in [0.1, 0.15) is 6.04 Å². The average molecular weight is 273 g/mol. The highest BCUT2D eigenvalue weighted by molar-refractivity contribution is 6.07. The lowest BCUT2D eigenvalue weighted by Gasteiger charge is -2.14. The first-order valence-corrected chi connectivity index (χ1v) is 6.26. The lowest BCUT2D eigenvalue weighted by molar-refractivity contribution is -0.139. The molecule has 3 N–H and O–H groups in total. The Morgan fingerprint density at radius 1 is 1.10 bits per heavy atom. The molecule has 0 unspecified atom stereocenters. The minimum absolute atomic E-state index is 0.0220. The zero-order chi connectivity index (χ0) is 14.5. The van der Waals surface area contributed by atoms with Crippen LogP contribution < -0.4 is 5.32 Å². The fraction of sp³-hybridized carbons (Fsp3) is 0.200. The van der Waals surface area contributed by atoms with E-state index in [-0.39, 0.29) is 13.0 Å². The van der Waals surface area contributed by atoms with E-state index >= 15 is 0 Å². The standard InChI is InChI=1S/C15H15NO4/c17-9-8-13(15(19)20)16-14(18)12-7-3-5-10-4-1-2-6-11(10)12/h1-7,13,17H,8-9H2,(H,16,18)(H,19,20)/t13-/m0/s1. The first-order valence-electron chi connectivity index (χ1n) is 6.26. The molecule has 5 heteroatoms. The van der Waals surface area contributed by atoms with Gasteiger partial charge in [0, 0.05) is 18.6 Å². The van der Waals surface area contributed by atoms with E-state index in [4.69, 9.17) is 10.2 Å². The molecule has 0 saturated heterocycles. The Labute approximate surface area is 115 Å². The van der Waals surface area contributed by atoms with Crippen LogP contribution in [0.2, 0.25) is 0 Å². The Balaban J connectivity index is 2.29. The molecule has 0 heterocycles. The van der Waals surface area contributed by atoms with Crippen LogP contribution in [-0.4, -0.2) is 34.7 Å². The molecule has 0 spiro atoms. The molecule has 2 aromatic carbocycles. The third kappa shape index (κ3) is 2.95. The Morgan fingerprint density at radius 2 is 1.80 bits per heavy atom. The van der Waals surface area contributed by atoms with Gasteiger partial charge in [0.05, 0.1) is 0 Å². The molecule has 0 saturated carbocycles. The lowest BCUT2D eigenvalue weighted by atomic mass is 10.0. The molecule has 0 aromatic heterocycles. The summed E-state index contributed by atoms with van der Waals surface area (Å²) in [5.74, 6) is -1.62. The second kappa shape index (κ2) is 6.16. The zero-order valence-electron chi connectivity index (χ0n) is 10.7. The highest BCUT2D eigenvalue weighted by Gasteiger charge is 2.20. The highest BCUT2D eigenvalue weighted by atomic mass is 16.4. The highest BCUT2D eigenvalue weighted by Crippen LogP contribution is 2.18. The van der Waals surface area contributed by atoms with Crippen LogP contribution >= 0.6 is 0 Å². The molecule has 0 fully saturated rings. The van der Waals surface area contributed by atoms with Gasteiger partial charge in [-0.1, -0.05) is 36.4 Å². The number of carboxylic acids is 1. The quantitative estimate of drug-likeness (QED) is 0.768. The van der Waals surface area contributed by atoms with E-state index in [1.54, 1.807) is 12.1 Å². The van der Waals surface area contributed by atoms with E-state index in [0.717, 1.165) is 10.8 Å². The predicted molar refractivity (Wildman–Crippen MR) is 74.5 cm³/mol. The minimum Gasteiger partial charge on any atom is -0.480 e. The molecule has 1 amide bonds. The van der Waals surface area contributed by atoms with Gasteiger partial charge in [0.15, 0.2) is 0 Å². The number of hydrogen-bond donors (Lipinski definition) is 3. The van der Waals surface area contributed by atoms with Crippen molar-refractivity contribution in [3.05, 3.63) is 48.0 Å². The first kappa shape index (κ1) is 14.0. The van der Waals surface area contributed by atoms with Crippen LogP contribution in [0.25, 0.3) is 10.8 Å². The van der Waals surface area contributed by atoms with Crippen LogP contribution in [0.4, 0.5) is 0 Å². The van der Waals surface area contributed by atoms with Gasteiger partial charge in [-0.25, -0.2) is 4.79 Å². The summed E-state index contributed by atoms with van der Waals surface area (Å²) in [4.78, 5) is 23.2. The topological polar surface area (TPSA) is 86.6 Å². The number of rotatable bonds is 5. The number of benzene rings is 2. The molecule has 2 rings (SSSR count). The largest absolute Gasteiger partial charge is 0.480 e. The van der Waals surface area contributed by atoms with Crippen LogP contribution in [0.3, 0.4) is 0 Å². The Kier molecular flexibility index (Phi) is 4.32. The molecule has 0 bridgehead atoms. The number of hydrogen-bond acceptors (Lipinski definition) is 3. The molecule has 0 radical (unpaired) electrons. The molecular weight excluding hydrogens is 258 g/mol. The van der Waals surface area contributed by atoms with Gasteiger partial charge >= 0.3 is 5.97 Å². The second-order valence-corrected chi connectivity index (χ2v) is 4.40. The molecule has 104 valence electrons. The summed E-state index contributed by atoms with van der Waals surface area (Å²) >= 11 is 0. The molecule has 2 aromatic rings. The number of carbonyl (C=O) groups is 2. The summed E-state index contributed by atoms with van der Waals surface area (Å²) in [6, 6.07) is 11.6. The van der Waals surface area contributed by atoms with E-state index in [9.17, 15) is 9.59 Å². The van der Waals surface area contributed by atoms with Gasteiger partial charge in [-0.15, -0.1) is 0 Å². The van der Waals surface area contributed by atoms with E-state index in [0.29, 0.717) is 5.56 Å². The van der Waals surface area contributed by atoms with Crippen LogP contribution in [0.5, 0.6) is 0 Å². The van der Waals surface area contributed by atoms with Gasteiger partial charge in [0.2, 0.25) is 0 Å². The molecule has 20 heavy (non-hydrogen) atoms. The predicted octanol–water partition coefficient (Wildman–Crippen LogP) is 1.41. The number of aliphatic carboxylic acids is 1. The SMILES string of the molecule is O=C(N[C@@H](CCO)C(=O)O)c1cccc2ccccc12. The van der Waals surface area contributed by atoms with Crippen LogP contribution in [-0.2, 0) is 4.79 Å². The van der Waals surface area contributed by atoms with Crippen molar-refractivity contribution in [3.63, 3.8) is 0 Å². The molecule has 0 aliphatic heterocycles. The number of nitrogens with one attached hydrogen (secondary N) is 1. The smallest absolute Gasteiger partial charge is 0.326 e. The monoisotopic (exact) mass is 273 g/mol. The van der Waals surface area contributed by atoms with Crippen molar-refractivity contribution in [2.24, 2.45) is 0 Å². The summed E-state index contributed by atoms with van der Waals surface area (Å²) in [6.07, 6.45) is -0.0220. The van der Waals surface area contributed by atoms with E-state index in [1.165, 1.54) is 0 Å². The van der Waals surface area contributed by atoms with E-state index in [1.807, 2.05) is 30.3 Å². The summed E-state index contributed by atoms with van der Waals surface area (Å²) in [6.45, 7) is -0.299. The van der Waals surface area contributed by atoms with Crippen molar-refractivity contribution >= 4 is 22.6 Å². The van der Waals surface area contributed by atoms with E-state index in [2.05, 4.69) is 5.32 Å². The van der Waals surface area contributed by atoms with Crippen LogP contribution in [0.15, 0.2) is 42.5 Å². The molecule has 0 aliphatic rings. The van der Waals surface area contributed by atoms with E-state index < -0.39 is 17.9 Å². The second-order valence-electron chi connectivity index (χ2n) is 4.40. The van der Waals surface area contributed by atoms with Crippen molar-refractivity contribution in [1.82, 2.24) is 5.32 Å². The van der Waals surface area contributed by atoms with Crippen molar-refractivity contribution < 1.29 is 19.8 Å². The van der Waals surface area contributed by atoms with Gasteiger partial charge in [-0.05, 0) is 16.8 Å². The summed E-state index contributed by atoms with van der Waals surface area (Å²) in [5, 5.41) is 21.9. The number of fused-ring (bicyclic) bond motifs is 1. The summed E-state index contributed by atoms with van der Waals surface area (Å²) < 4.78 is 0. The van der Waals surface area contributed by atoms with Gasteiger partial charge < -0.3 is 15.5 Å². The Hall–Kier alpha value is -2.40. The van der Waals surface area contributed by atoms with Crippen LogP contribution in [0.1, 0.15) is 16.8 Å². The average Bonchev–Trinajstić information content (AvgIpc) is 2.46. The number of carbonyl (C=O) groups excluding carboxylic acids is 1. The maximum Gasteiger partial charge on any atom is 0.326 e. The van der Waals surface area contributed by atoms with Gasteiger partial charge in [-0.3, -0.25) is 4.79 Å². The van der Waals surface area contributed by atoms with Crippen molar-refractivity contribution in [1.29, 1.82) is 0 Å². The number of aliphatic hydroxyl groups is 1. The normalized spacial score (nSPS) is 12.1. The zero-order valence-corrected chi connectivity index (χ0v) is 10.7. The fourth-order valence-corrected chi connectivity index (χ4v) is 2.05. The minimum atomic E-state index is -1.16. The van der Waals surface area contributed by atoms with Gasteiger partial charge in [0.25, 0.3) is 5.91 Å². The maximum absolute atomic E-state index is 12.2. The Morgan fingerprint density at radius 3 is 2.50 bits per heavy atom. The van der Waals surface area contributed by atoms with Crippen molar-refractivity contribution in [3.8, 4) is 0 Å². The van der Waals surface area contributed by atoms with Gasteiger partial charge in [-0.2, -0.15) is 0 Å². The van der Waals surface area contributed by atoms with Crippen LogP contribution in [0, 0.1) is 0 Å². The molecule has 5 nitrogen and oxygen atoms in total. The maximum atomic E-state index is 12.2. The number of carboxylic acid groups (broad SMARTS) is 1.